The highest BCUT2D eigenvalue weighted by Crippen LogP contribution is 2.31. The lowest BCUT2D eigenvalue weighted by Crippen LogP contribution is -2.08. The molecule has 0 radical (unpaired) electrons. The molecule has 0 saturated carbocycles. The van der Waals surface area contributed by atoms with Crippen molar-refractivity contribution in [2.75, 3.05) is 6.26 Å². The second-order valence-electron chi connectivity index (χ2n) is 6.15. The number of aromatic nitrogens is 2. The minimum Gasteiger partial charge on any atom is -0.480 e. The number of hydrogen-bond acceptors (Lipinski definition) is 4. The molecular formula is C19H18N2O4S. The molecule has 0 amide bonds. The molecular weight excluding hydrogens is 352 g/mol. The molecule has 0 spiro atoms. The Morgan fingerprint density at radius 2 is 1.62 bits per heavy atom. The molecule has 0 saturated heterocycles. The molecule has 1 N–H and O–H groups in total. The van der Waals surface area contributed by atoms with Crippen molar-refractivity contribution in [2.24, 2.45) is 0 Å². The molecule has 3 rings (SSSR count). The van der Waals surface area contributed by atoms with Crippen molar-refractivity contribution >= 4 is 15.8 Å². The Hall–Kier alpha value is -2.93. The van der Waals surface area contributed by atoms with Crippen LogP contribution in [0.4, 0.5) is 0 Å². The topological polar surface area (TPSA) is 89.3 Å². The number of sulfone groups is 1. The van der Waals surface area contributed by atoms with Gasteiger partial charge >= 0.3 is 5.97 Å². The maximum absolute atomic E-state index is 11.6. The normalized spacial score (nSPS) is 11.5. The zero-order valence-electron chi connectivity index (χ0n) is 14.4. The van der Waals surface area contributed by atoms with Gasteiger partial charge in [0.1, 0.15) is 12.2 Å². The van der Waals surface area contributed by atoms with Gasteiger partial charge in [-0.15, -0.1) is 0 Å². The van der Waals surface area contributed by atoms with Crippen molar-refractivity contribution in [1.82, 2.24) is 9.78 Å². The van der Waals surface area contributed by atoms with Gasteiger partial charge in [-0.2, -0.15) is 5.10 Å². The number of hydrogen-bond donors (Lipinski definition) is 1. The van der Waals surface area contributed by atoms with Crippen LogP contribution in [0.5, 0.6) is 0 Å². The average Bonchev–Trinajstić information content (AvgIpc) is 2.98. The van der Waals surface area contributed by atoms with Crippen molar-refractivity contribution in [3.8, 4) is 22.4 Å². The molecule has 0 bridgehead atoms. The lowest BCUT2D eigenvalue weighted by atomic mass is 10.0. The first kappa shape index (κ1) is 17.9. The highest BCUT2D eigenvalue weighted by molar-refractivity contribution is 7.90. The summed E-state index contributed by atoms with van der Waals surface area (Å²) in [6, 6.07) is 14.3. The minimum atomic E-state index is -3.28. The van der Waals surface area contributed by atoms with E-state index in [0.717, 1.165) is 28.5 Å². The van der Waals surface area contributed by atoms with Crippen molar-refractivity contribution in [1.29, 1.82) is 0 Å². The number of aliphatic carboxylic acids is 1. The smallest absolute Gasteiger partial charge is 0.325 e. The summed E-state index contributed by atoms with van der Waals surface area (Å²) < 4.78 is 24.7. The van der Waals surface area contributed by atoms with Crippen molar-refractivity contribution in [2.45, 2.75) is 18.4 Å². The molecule has 6 nitrogen and oxygen atoms in total. The predicted octanol–water partition coefficient (Wildman–Crippen LogP) is 3.01. The average molecular weight is 370 g/mol. The Morgan fingerprint density at radius 3 is 2.15 bits per heavy atom. The van der Waals surface area contributed by atoms with E-state index in [-0.39, 0.29) is 11.4 Å². The highest BCUT2D eigenvalue weighted by Gasteiger charge is 2.15. The summed E-state index contributed by atoms with van der Waals surface area (Å²) >= 11 is 0. The van der Waals surface area contributed by atoms with Gasteiger partial charge in [0.25, 0.3) is 0 Å². The Kier molecular flexibility index (Phi) is 4.65. The minimum absolute atomic E-state index is 0.225. The molecule has 0 aliphatic heterocycles. The van der Waals surface area contributed by atoms with Gasteiger partial charge < -0.3 is 5.11 Å². The van der Waals surface area contributed by atoms with E-state index >= 15 is 0 Å². The largest absolute Gasteiger partial charge is 0.480 e. The van der Waals surface area contributed by atoms with Gasteiger partial charge in [-0.25, -0.2) is 8.42 Å². The van der Waals surface area contributed by atoms with Crippen molar-refractivity contribution in [3.05, 3.63) is 60.3 Å². The van der Waals surface area contributed by atoms with E-state index in [0.29, 0.717) is 5.69 Å². The molecule has 0 aliphatic carbocycles. The molecule has 1 aromatic heterocycles. The third-order valence-electron chi connectivity index (χ3n) is 3.98. The van der Waals surface area contributed by atoms with Crippen LogP contribution in [0, 0.1) is 6.92 Å². The number of rotatable bonds is 5. The SMILES string of the molecule is Cc1ccc(-c2cn(CC(=O)O)nc2-c2ccc(S(C)(=O)=O)cc2)cc1. The van der Waals surface area contributed by atoms with Crippen molar-refractivity contribution < 1.29 is 18.3 Å². The Bertz CT molecular complexity index is 1050. The maximum atomic E-state index is 11.6. The highest BCUT2D eigenvalue weighted by atomic mass is 32.2. The van der Waals surface area contributed by atoms with Gasteiger partial charge in [-0.1, -0.05) is 42.0 Å². The fourth-order valence-electron chi connectivity index (χ4n) is 2.66. The van der Waals surface area contributed by atoms with Crippen LogP contribution in [0.3, 0.4) is 0 Å². The fraction of sp³-hybridized carbons (Fsp3) is 0.158. The standard InChI is InChI=1S/C19H18N2O4S/c1-13-3-5-14(6-4-13)17-11-21(12-18(22)23)20-19(17)15-7-9-16(10-8-15)26(2,24)25/h3-11H,12H2,1-2H3,(H,22,23). The number of carbonyl (C=O) groups is 1. The lowest BCUT2D eigenvalue weighted by molar-refractivity contribution is -0.137. The Morgan fingerprint density at radius 1 is 1.04 bits per heavy atom. The first-order chi connectivity index (χ1) is 12.2. The van der Waals surface area contributed by atoms with Crippen LogP contribution in [-0.4, -0.2) is 35.5 Å². The molecule has 1 heterocycles. The van der Waals surface area contributed by atoms with E-state index in [1.807, 2.05) is 31.2 Å². The molecule has 0 aliphatic rings. The molecule has 0 atom stereocenters. The van der Waals surface area contributed by atoms with Gasteiger partial charge in [0.2, 0.25) is 0 Å². The summed E-state index contributed by atoms with van der Waals surface area (Å²) in [5.41, 5.74) is 4.14. The summed E-state index contributed by atoms with van der Waals surface area (Å²) in [4.78, 5) is 11.3. The molecule has 134 valence electrons. The molecule has 26 heavy (non-hydrogen) atoms. The summed E-state index contributed by atoms with van der Waals surface area (Å²) in [6.45, 7) is 1.74. The summed E-state index contributed by atoms with van der Waals surface area (Å²) in [5.74, 6) is -0.984. The quantitative estimate of drug-likeness (QED) is 0.746. The van der Waals surface area contributed by atoms with Crippen LogP contribution in [0.25, 0.3) is 22.4 Å². The summed E-state index contributed by atoms with van der Waals surface area (Å²) in [7, 11) is -3.28. The molecule has 0 unspecified atom stereocenters. The molecule has 0 fully saturated rings. The van der Waals surface area contributed by atoms with Crippen LogP contribution in [0.2, 0.25) is 0 Å². The van der Waals surface area contributed by atoms with Crippen LogP contribution in [-0.2, 0) is 21.2 Å². The van der Waals surface area contributed by atoms with E-state index in [4.69, 9.17) is 5.11 Å². The van der Waals surface area contributed by atoms with Gasteiger partial charge in [0.05, 0.1) is 4.90 Å². The van der Waals surface area contributed by atoms with Crippen molar-refractivity contribution in [3.63, 3.8) is 0 Å². The Balaban J connectivity index is 2.11. The van der Waals surface area contributed by atoms with Crippen LogP contribution < -0.4 is 0 Å². The number of carboxylic acids is 1. The second kappa shape index (κ2) is 6.76. The monoisotopic (exact) mass is 370 g/mol. The molecule has 3 aromatic rings. The van der Waals surface area contributed by atoms with Gasteiger partial charge in [-0.3, -0.25) is 9.48 Å². The van der Waals surface area contributed by atoms with E-state index < -0.39 is 15.8 Å². The number of nitrogens with zero attached hydrogens (tertiary/aromatic N) is 2. The third kappa shape index (κ3) is 3.83. The van der Waals surface area contributed by atoms with E-state index in [1.54, 1.807) is 18.3 Å². The second-order valence-corrected chi connectivity index (χ2v) is 8.16. The van der Waals surface area contributed by atoms with Crippen LogP contribution in [0.15, 0.2) is 59.6 Å². The van der Waals surface area contributed by atoms with Crippen LogP contribution >= 0.6 is 0 Å². The van der Waals surface area contributed by atoms with Crippen LogP contribution in [0.1, 0.15) is 5.56 Å². The van der Waals surface area contributed by atoms with E-state index in [1.165, 1.54) is 16.8 Å². The first-order valence-electron chi connectivity index (χ1n) is 7.91. The summed E-state index contributed by atoms with van der Waals surface area (Å²) in [6.07, 6.45) is 2.85. The lowest BCUT2D eigenvalue weighted by Gasteiger charge is -2.05. The Labute approximate surface area is 151 Å². The zero-order chi connectivity index (χ0) is 18.9. The predicted molar refractivity (Wildman–Crippen MR) is 98.6 cm³/mol. The van der Waals surface area contributed by atoms with E-state index in [2.05, 4.69) is 5.10 Å². The van der Waals surface area contributed by atoms with Gasteiger partial charge in [-0.05, 0) is 24.6 Å². The third-order valence-corrected chi connectivity index (χ3v) is 5.11. The first-order valence-corrected chi connectivity index (χ1v) is 9.80. The number of carboxylic acid groups (broad SMARTS) is 1. The van der Waals surface area contributed by atoms with Gasteiger partial charge in [0.15, 0.2) is 9.84 Å². The fourth-order valence-corrected chi connectivity index (χ4v) is 3.29. The van der Waals surface area contributed by atoms with Gasteiger partial charge in [0, 0.05) is 23.6 Å². The summed E-state index contributed by atoms with van der Waals surface area (Å²) in [5, 5.41) is 13.4. The number of aryl methyl sites for hydroxylation is 1. The number of benzene rings is 2. The molecule has 7 heteroatoms. The maximum Gasteiger partial charge on any atom is 0.325 e. The zero-order valence-corrected chi connectivity index (χ0v) is 15.2. The molecule has 2 aromatic carbocycles. The van der Waals surface area contributed by atoms with E-state index in [9.17, 15) is 13.2 Å².